The first kappa shape index (κ1) is 20.4. The van der Waals surface area contributed by atoms with Crippen molar-refractivity contribution < 1.29 is 14.0 Å². The molecule has 6 heteroatoms. The molecule has 27 heavy (non-hydrogen) atoms. The number of hydrogen-bond donors (Lipinski definition) is 3. The Morgan fingerprint density at radius 3 is 2.33 bits per heavy atom. The number of rotatable bonds is 7. The predicted octanol–water partition coefficient (Wildman–Crippen LogP) is 3.64. The van der Waals surface area contributed by atoms with Crippen molar-refractivity contribution in [3.63, 3.8) is 0 Å². The molecular formula is C21H26FN3O2. The van der Waals surface area contributed by atoms with Crippen LogP contribution in [0.15, 0.2) is 42.5 Å². The Kier molecular flexibility index (Phi) is 6.93. The lowest BCUT2D eigenvalue weighted by atomic mass is 10.1. The molecule has 0 bridgehead atoms. The molecule has 2 aromatic rings. The zero-order valence-corrected chi connectivity index (χ0v) is 16.1. The van der Waals surface area contributed by atoms with Crippen molar-refractivity contribution in [3.05, 3.63) is 59.4 Å². The van der Waals surface area contributed by atoms with Gasteiger partial charge < -0.3 is 16.0 Å². The average molecular weight is 371 g/mol. The quantitative estimate of drug-likeness (QED) is 0.696. The van der Waals surface area contributed by atoms with Gasteiger partial charge in [0.1, 0.15) is 11.9 Å². The standard InChI is InChI=1S/C21H26FN3O2/c1-13(2)23-20(26)11-16-6-9-18(10-7-16)24-15(4)21(27)25-19-12-17(22)8-5-14(19)3/h5-10,12-13,15,24H,11H2,1-4H3,(H,23,26)(H,25,27). The molecule has 0 radical (unpaired) electrons. The number of halogens is 1. The second kappa shape index (κ2) is 9.16. The fraction of sp³-hybridized carbons (Fsp3) is 0.333. The molecule has 2 rings (SSSR count). The number of hydrogen-bond acceptors (Lipinski definition) is 3. The third-order valence-corrected chi connectivity index (χ3v) is 4.00. The summed E-state index contributed by atoms with van der Waals surface area (Å²) in [5, 5.41) is 8.69. The van der Waals surface area contributed by atoms with E-state index in [0.29, 0.717) is 12.1 Å². The Morgan fingerprint density at radius 2 is 1.70 bits per heavy atom. The lowest BCUT2D eigenvalue weighted by Crippen LogP contribution is -2.32. The van der Waals surface area contributed by atoms with Crippen LogP contribution in [0.25, 0.3) is 0 Å². The number of nitrogens with one attached hydrogen (secondary N) is 3. The van der Waals surface area contributed by atoms with Gasteiger partial charge in [0.15, 0.2) is 0 Å². The Morgan fingerprint density at radius 1 is 1.04 bits per heavy atom. The van der Waals surface area contributed by atoms with Crippen LogP contribution >= 0.6 is 0 Å². The molecule has 1 unspecified atom stereocenters. The summed E-state index contributed by atoms with van der Waals surface area (Å²) in [5.41, 5.74) is 2.91. The summed E-state index contributed by atoms with van der Waals surface area (Å²) in [6.07, 6.45) is 0.313. The van der Waals surface area contributed by atoms with Gasteiger partial charge in [-0.25, -0.2) is 4.39 Å². The first-order valence-corrected chi connectivity index (χ1v) is 8.96. The lowest BCUT2D eigenvalue weighted by molar-refractivity contribution is -0.121. The summed E-state index contributed by atoms with van der Waals surface area (Å²) in [6.45, 7) is 7.38. The van der Waals surface area contributed by atoms with Gasteiger partial charge in [-0.15, -0.1) is 0 Å². The smallest absolute Gasteiger partial charge is 0.246 e. The van der Waals surface area contributed by atoms with Crippen LogP contribution in [-0.4, -0.2) is 23.9 Å². The maximum absolute atomic E-state index is 13.3. The molecule has 0 aromatic heterocycles. The van der Waals surface area contributed by atoms with Gasteiger partial charge in [-0.2, -0.15) is 0 Å². The molecule has 0 heterocycles. The number of carbonyl (C=O) groups is 2. The normalized spacial score (nSPS) is 11.8. The summed E-state index contributed by atoms with van der Waals surface area (Å²) in [6, 6.07) is 11.2. The third-order valence-electron chi connectivity index (χ3n) is 4.00. The minimum Gasteiger partial charge on any atom is -0.374 e. The number of carbonyl (C=O) groups excluding carboxylic acids is 2. The van der Waals surface area contributed by atoms with Crippen molar-refractivity contribution in [2.45, 2.75) is 46.2 Å². The van der Waals surface area contributed by atoms with Crippen LogP contribution < -0.4 is 16.0 Å². The van der Waals surface area contributed by atoms with E-state index in [1.54, 1.807) is 19.9 Å². The molecule has 0 aliphatic heterocycles. The molecule has 2 amide bonds. The molecule has 0 aliphatic carbocycles. The molecular weight excluding hydrogens is 345 g/mol. The maximum atomic E-state index is 13.3. The van der Waals surface area contributed by atoms with Gasteiger partial charge in [-0.1, -0.05) is 18.2 Å². The summed E-state index contributed by atoms with van der Waals surface area (Å²) in [5.74, 6) is -0.679. The van der Waals surface area contributed by atoms with E-state index in [2.05, 4.69) is 16.0 Å². The van der Waals surface area contributed by atoms with E-state index < -0.39 is 11.9 Å². The zero-order valence-electron chi connectivity index (χ0n) is 16.1. The highest BCUT2D eigenvalue weighted by atomic mass is 19.1. The zero-order chi connectivity index (χ0) is 20.0. The first-order chi connectivity index (χ1) is 12.7. The van der Waals surface area contributed by atoms with E-state index in [9.17, 15) is 14.0 Å². The molecule has 0 spiro atoms. The van der Waals surface area contributed by atoms with E-state index in [1.165, 1.54) is 12.1 Å². The average Bonchev–Trinajstić information content (AvgIpc) is 2.59. The van der Waals surface area contributed by atoms with E-state index >= 15 is 0 Å². The lowest BCUT2D eigenvalue weighted by Gasteiger charge is -2.16. The monoisotopic (exact) mass is 371 g/mol. The highest BCUT2D eigenvalue weighted by molar-refractivity contribution is 5.96. The van der Waals surface area contributed by atoms with Crippen molar-refractivity contribution in [2.75, 3.05) is 10.6 Å². The van der Waals surface area contributed by atoms with Gasteiger partial charge >= 0.3 is 0 Å². The summed E-state index contributed by atoms with van der Waals surface area (Å²) in [4.78, 5) is 24.1. The van der Waals surface area contributed by atoms with Gasteiger partial charge in [0, 0.05) is 17.4 Å². The van der Waals surface area contributed by atoms with Crippen molar-refractivity contribution in [1.82, 2.24) is 5.32 Å². The fourth-order valence-electron chi connectivity index (χ4n) is 2.56. The summed E-state index contributed by atoms with van der Waals surface area (Å²) in [7, 11) is 0. The van der Waals surface area contributed by atoms with E-state index in [4.69, 9.17) is 0 Å². The van der Waals surface area contributed by atoms with Crippen molar-refractivity contribution >= 4 is 23.2 Å². The Balaban J connectivity index is 1.93. The second-order valence-electron chi connectivity index (χ2n) is 6.91. The molecule has 3 N–H and O–H groups in total. The Hall–Kier alpha value is -2.89. The SMILES string of the molecule is Cc1ccc(F)cc1NC(=O)C(C)Nc1ccc(CC(=O)NC(C)C)cc1. The minimum absolute atomic E-state index is 0.0241. The maximum Gasteiger partial charge on any atom is 0.246 e. The first-order valence-electron chi connectivity index (χ1n) is 8.96. The van der Waals surface area contributed by atoms with E-state index in [-0.39, 0.29) is 17.9 Å². The number of amides is 2. The van der Waals surface area contributed by atoms with Crippen LogP contribution in [0.3, 0.4) is 0 Å². The van der Waals surface area contributed by atoms with E-state index in [1.807, 2.05) is 38.1 Å². The molecule has 0 saturated heterocycles. The van der Waals surface area contributed by atoms with Crippen LogP contribution in [0, 0.1) is 12.7 Å². The number of benzene rings is 2. The molecule has 0 aliphatic rings. The largest absolute Gasteiger partial charge is 0.374 e. The van der Waals surface area contributed by atoms with Crippen molar-refractivity contribution in [3.8, 4) is 0 Å². The predicted molar refractivity (Wildman–Crippen MR) is 106 cm³/mol. The third kappa shape index (κ3) is 6.40. The second-order valence-corrected chi connectivity index (χ2v) is 6.91. The van der Waals surface area contributed by atoms with Crippen LogP contribution in [0.4, 0.5) is 15.8 Å². The van der Waals surface area contributed by atoms with Gasteiger partial charge in [-0.05, 0) is 63.1 Å². The van der Waals surface area contributed by atoms with Crippen molar-refractivity contribution in [2.24, 2.45) is 0 Å². The number of anilines is 2. The van der Waals surface area contributed by atoms with E-state index in [0.717, 1.165) is 16.8 Å². The molecule has 144 valence electrons. The highest BCUT2D eigenvalue weighted by Crippen LogP contribution is 2.17. The highest BCUT2D eigenvalue weighted by Gasteiger charge is 2.14. The van der Waals surface area contributed by atoms with Gasteiger partial charge in [0.25, 0.3) is 0 Å². The molecule has 1 atom stereocenters. The Labute approximate surface area is 159 Å². The molecule has 0 fully saturated rings. The van der Waals surface area contributed by atoms with Gasteiger partial charge in [0.2, 0.25) is 11.8 Å². The minimum atomic E-state index is -0.511. The molecule has 5 nitrogen and oxygen atoms in total. The fourth-order valence-corrected chi connectivity index (χ4v) is 2.56. The van der Waals surface area contributed by atoms with Gasteiger partial charge in [-0.3, -0.25) is 9.59 Å². The summed E-state index contributed by atoms with van der Waals surface area (Å²) >= 11 is 0. The number of aryl methyl sites for hydroxylation is 1. The van der Waals surface area contributed by atoms with Crippen molar-refractivity contribution in [1.29, 1.82) is 0 Å². The summed E-state index contributed by atoms with van der Waals surface area (Å²) < 4.78 is 13.3. The topological polar surface area (TPSA) is 70.2 Å². The van der Waals surface area contributed by atoms with Crippen LogP contribution in [0.2, 0.25) is 0 Å². The Bertz CT molecular complexity index is 804. The van der Waals surface area contributed by atoms with Crippen LogP contribution in [-0.2, 0) is 16.0 Å². The molecule has 2 aromatic carbocycles. The molecule has 0 saturated carbocycles. The van der Waals surface area contributed by atoms with Gasteiger partial charge in [0.05, 0.1) is 6.42 Å². The van der Waals surface area contributed by atoms with Crippen LogP contribution in [0.5, 0.6) is 0 Å². The van der Waals surface area contributed by atoms with Crippen LogP contribution in [0.1, 0.15) is 31.9 Å².